The monoisotopic (exact) mass is 400 g/mol. The normalized spacial score (nSPS) is 13.2. The second-order valence-electron chi connectivity index (χ2n) is 6.24. The highest BCUT2D eigenvalue weighted by Gasteiger charge is 2.21. The Morgan fingerprint density at radius 1 is 1.21 bits per heavy atom. The summed E-state index contributed by atoms with van der Waals surface area (Å²) < 4.78 is 4.99. The smallest absolute Gasteiger partial charge is 0.331 e. The summed E-state index contributed by atoms with van der Waals surface area (Å²) in [6.07, 6.45) is 3.25. The first-order valence-corrected chi connectivity index (χ1v) is 8.95. The third kappa shape index (κ3) is 4.75. The number of fused-ring (bicyclic) bond motifs is 1. The minimum Gasteiger partial charge on any atom is -0.452 e. The van der Waals surface area contributed by atoms with Crippen LogP contribution in [0.3, 0.4) is 0 Å². The van der Waals surface area contributed by atoms with Gasteiger partial charge in [-0.3, -0.25) is 14.9 Å². The van der Waals surface area contributed by atoms with Gasteiger partial charge in [0.15, 0.2) is 6.61 Å². The lowest BCUT2D eigenvalue weighted by Gasteiger charge is -2.28. The molecule has 1 heterocycles. The van der Waals surface area contributed by atoms with Gasteiger partial charge < -0.3 is 9.64 Å². The second kappa shape index (κ2) is 8.67. The number of hydrogen-bond acceptors (Lipinski definition) is 5. The molecule has 0 bridgehead atoms. The SMILES string of the molecule is O=C(/C=C/c1ccc(Cl)c([N+](=O)[O-])c1)OCC(=O)N1CCc2ccccc2C1. The highest BCUT2D eigenvalue weighted by Crippen LogP contribution is 2.25. The maximum absolute atomic E-state index is 12.3. The topological polar surface area (TPSA) is 89.7 Å². The first-order valence-electron chi connectivity index (χ1n) is 8.57. The van der Waals surface area contributed by atoms with Crippen molar-refractivity contribution in [2.24, 2.45) is 0 Å². The number of carbonyl (C=O) groups is 2. The fourth-order valence-corrected chi connectivity index (χ4v) is 3.10. The van der Waals surface area contributed by atoms with E-state index < -0.39 is 10.9 Å². The number of nitro groups is 1. The van der Waals surface area contributed by atoms with Crippen LogP contribution in [0.4, 0.5) is 5.69 Å². The standard InChI is InChI=1S/C20H17ClN2O5/c21-17-7-5-14(11-18(17)23(26)27)6-8-20(25)28-13-19(24)22-10-9-15-3-1-2-4-16(15)12-22/h1-8,11H,9-10,12-13H2/b8-6+. The van der Waals surface area contributed by atoms with Crippen molar-refractivity contribution in [1.82, 2.24) is 4.90 Å². The minimum atomic E-state index is -0.705. The molecule has 28 heavy (non-hydrogen) atoms. The van der Waals surface area contributed by atoms with Crippen molar-refractivity contribution in [2.45, 2.75) is 13.0 Å². The molecular weight excluding hydrogens is 384 g/mol. The highest BCUT2D eigenvalue weighted by molar-refractivity contribution is 6.32. The summed E-state index contributed by atoms with van der Waals surface area (Å²) in [5.41, 5.74) is 2.49. The highest BCUT2D eigenvalue weighted by atomic mass is 35.5. The van der Waals surface area contributed by atoms with Gasteiger partial charge in [-0.15, -0.1) is 0 Å². The molecule has 0 radical (unpaired) electrons. The summed E-state index contributed by atoms with van der Waals surface area (Å²) >= 11 is 5.74. The fraction of sp³-hybridized carbons (Fsp3) is 0.200. The summed E-state index contributed by atoms with van der Waals surface area (Å²) in [7, 11) is 0. The molecular formula is C20H17ClN2O5. The summed E-state index contributed by atoms with van der Waals surface area (Å²) in [6, 6.07) is 12.1. The summed E-state index contributed by atoms with van der Waals surface area (Å²) in [5, 5.41) is 10.9. The summed E-state index contributed by atoms with van der Waals surface area (Å²) in [6.45, 7) is 0.723. The van der Waals surface area contributed by atoms with Crippen molar-refractivity contribution in [2.75, 3.05) is 13.2 Å². The van der Waals surface area contributed by atoms with Crippen LogP contribution in [0, 0.1) is 10.1 Å². The van der Waals surface area contributed by atoms with Crippen molar-refractivity contribution in [1.29, 1.82) is 0 Å². The summed E-state index contributed by atoms with van der Waals surface area (Å²) in [4.78, 5) is 36.1. The molecule has 0 unspecified atom stereocenters. The predicted molar refractivity (Wildman–Crippen MR) is 104 cm³/mol. The molecule has 0 atom stereocenters. The average Bonchev–Trinajstić information content (AvgIpc) is 2.70. The molecule has 3 rings (SSSR count). The second-order valence-corrected chi connectivity index (χ2v) is 6.65. The zero-order chi connectivity index (χ0) is 20.1. The van der Waals surface area contributed by atoms with Gasteiger partial charge in [-0.05, 0) is 35.3 Å². The molecule has 0 aliphatic carbocycles. The van der Waals surface area contributed by atoms with Crippen LogP contribution < -0.4 is 0 Å². The molecule has 8 heteroatoms. The van der Waals surface area contributed by atoms with Crippen molar-refractivity contribution in [3.05, 3.63) is 80.4 Å². The Labute approximate surface area is 166 Å². The van der Waals surface area contributed by atoms with Crippen LogP contribution in [0.15, 0.2) is 48.5 Å². The predicted octanol–water partition coefficient (Wildman–Crippen LogP) is 3.39. The fourth-order valence-electron chi connectivity index (χ4n) is 2.92. The van der Waals surface area contributed by atoms with E-state index in [2.05, 4.69) is 0 Å². The Hall–Kier alpha value is -3.19. The van der Waals surface area contributed by atoms with Gasteiger partial charge in [0.05, 0.1) is 4.92 Å². The van der Waals surface area contributed by atoms with E-state index in [0.29, 0.717) is 18.7 Å². The van der Waals surface area contributed by atoms with Crippen LogP contribution in [0.2, 0.25) is 5.02 Å². The Bertz CT molecular complexity index is 957. The lowest BCUT2D eigenvalue weighted by atomic mass is 10.00. The molecule has 0 spiro atoms. The van der Waals surface area contributed by atoms with E-state index in [1.165, 1.54) is 29.8 Å². The number of hydrogen-bond donors (Lipinski definition) is 0. The van der Waals surface area contributed by atoms with E-state index >= 15 is 0 Å². The van der Waals surface area contributed by atoms with Gasteiger partial charge in [0.25, 0.3) is 11.6 Å². The van der Waals surface area contributed by atoms with E-state index in [0.717, 1.165) is 18.1 Å². The van der Waals surface area contributed by atoms with Gasteiger partial charge in [-0.1, -0.05) is 41.9 Å². The van der Waals surface area contributed by atoms with Crippen LogP contribution in [-0.4, -0.2) is 34.9 Å². The average molecular weight is 401 g/mol. The molecule has 0 fully saturated rings. The van der Waals surface area contributed by atoms with Crippen LogP contribution >= 0.6 is 11.6 Å². The van der Waals surface area contributed by atoms with Crippen molar-refractivity contribution < 1.29 is 19.2 Å². The van der Waals surface area contributed by atoms with Crippen molar-refractivity contribution in [3.8, 4) is 0 Å². The van der Waals surface area contributed by atoms with E-state index in [1.54, 1.807) is 4.90 Å². The zero-order valence-electron chi connectivity index (χ0n) is 14.8. The molecule has 144 valence electrons. The van der Waals surface area contributed by atoms with Gasteiger partial charge in [0.2, 0.25) is 0 Å². The number of rotatable bonds is 5. The molecule has 0 saturated carbocycles. The molecule has 1 amide bonds. The van der Waals surface area contributed by atoms with Gasteiger partial charge in [0.1, 0.15) is 5.02 Å². The number of amides is 1. The quantitative estimate of drug-likeness (QED) is 0.332. The van der Waals surface area contributed by atoms with E-state index in [1.807, 2.05) is 24.3 Å². The van der Waals surface area contributed by atoms with Crippen molar-refractivity contribution in [3.63, 3.8) is 0 Å². The van der Waals surface area contributed by atoms with Gasteiger partial charge in [0, 0.05) is 25.2 Å². The van der Waals surface area contributed by atoms with E-state index in [-0.39, 0.29) is 23.2 Å². The lowest BCUT2D eigenvalue weighted by molar-refractivity contribution is -0.384. The largest absolute Gasteiger partial charge is 0.452 e. The molecule has 1 aliphatic rings. The number of ether oxygens (including phenoxy) is 1. The van der Waals surface area contributed by atoms with Crippen LogP contribution in [0.1, 0.15) is 16.7 Å². The van der Waals surface area contributed by atoms with E-state index in [9.17, 15) is 19.7 Å². The molecule has 0 aromatic heterocycles. The minimum absolute atomic E-state index is 0.0124. The Morgan fingerprint density at radius 3 is 2.71 bits per heavy atom. The number of carbonyl (C=O) groups excluding carboxylic acids is 2. The zero-order valence-corrected chi connectivity index (χ0v) is 15.6. The van der Waals surface area contributed by atoms with Gasteiger partial charge >= 0.3 is 5.97 Å². The Balaban J connectivity index is 1.53. The van der Waals surface area contributed by atoms with Gasteiger partial charge in [-0.25, -0.2) is 4.79 Å². The van der Waals surface area contributed by atoms with Gasteiger partial charge in [-0.2, -0.15) is 0 Å². The van der Waals surface area contributed by atoms with Crippen LogP contribution in [0.25, 0.3) is 6.08 Å². The Morgan fingerprint density at radius 2 is 1.96 bits per heavy atom. The third-order valence-corrected chi connectivity index (χ3v) is 4.72. The molecule has 7 nitrogen and oxygen atoms in total. The number of nitro benzene ring substituents is 1. The molecule has 2 aromatic carbocycles. The number of esters is 1. The third-order valence-electron chi connectivity index (χ3n) is 4.40. The first-order chi connectivity index (χ1) is 13.4. The number of benzene rings is 2. The maximum atomic E-state index is 12.3. The molecule has 1 aliphatic heterocycles. The van der Waals surface area contributed by atoms with Crippen molar-refractivity contribution >= 4 is 35.2 Å². The molecule has 0 N–H and O–H groups in total. The summed E-state index contributed by atoms with van der Waals surface area (Å²) in [5.74, 6) is -0.971. The number of halogens is 1. The van der Waals surface area contributed by atoms with E-state index in [4.69, 9.17) is 16.3 Å². The maximum Gasteiger partial charge on any atom is 0.331 e. The van der Waals surface area contributed by atoms with Crippen LogP contribution in [0.5, 0.6) is 0 Å². The Kier molecular flexibility index (Phi) is 6.06. The number of nitrogens with zero attached hydrogens (tertiary/aromatic N) is 2. The first kappa shape index (κ1) is 19.6. The lowest BCUT2D eigenvalue weighted by Crippen LogP contribution is -2.38. The molecule has 0 saturated heterocycles. The van der Waals surface area contributed by atoms with Crippen LogP contribution in [-0.2, 0) is 27.3 Å². The molecule has 2 aromatic rings.